The van der Waals surface area contributed by atoms with Crippen LogP contribution < -0.4 is 4.90 Å². The van der Waals surface area contributed by atoms with Gasteiger partial charge in [-0.15, -0.1) is 0 Å². The summed E-state index contributed by atoms with van der Waals surface area (Å²) in [4.78, 5) is 48.8. The molecule has 0 unspecified atom stereocenters. The van der Waals surface area contributed by atoms with Gasteiger partial charge in [-0.2, -0.15) is 0 Å². The van der Waals surface area contributed by atoms with Crippen LogP contribution in [0.25, 0.3) is 0 Å². The van der Waals surface area contributed by atoms with E-state index >= 15 is 0 Å². The molecular weight excluding hydrogens is 416 g/mol. The van der Waals surface area contributed by atoms with Crippen LogP contribution in [0.5, 0.6) is 0 Å². The zero-order chi connectivity index (χ0) is 22.4. The molecule has 7 nitrogen and oxygen atoms in total. The molecule has 0 saturated heterocycles. The molecule has 0 saturated carbocycles. The first-order chi connectivity index (χ1) is 14.8. The second kappa shape index (κ2) is 9.95. The van der Waals surface area contributed by atoms with Crippen LogP contribution in [0.3, 0.4) is 0 Å². The topological polar surface area (TPSA) is 83.5 Å². The molecule has 0 aliphatic carbocycles. The van der Waals surface area contributed by atoms with E-state index in [0.29, 0.717) is 16.3 Å². The highest BCUT2D eigenvalue weighted by Crippen LogP contribution is 2.22. The van der Waals surface area contributed by atoms with Gasteiger partial charge >= 0.3 is 0 Å². The normalized spacial score (nSPS) is 10.4. The fourth-order valence-electron chi connectivity index (χ4n) is 2.96. The molecule has 3 aromatic rings. The van der Waals surface area contributed by atoms with Crippen molar-refractivity contribution in [2.45, 2.75) is 13.0 Å². The van der Waals surface area contributed by atoms with Gasteiger partial charge in [0, 0.05) is 42.8 Å². The summed E-state index contributed by atoms with van der Waals surface area (Å²) in [5, 5.41) is 0.537. The van der Waals surface area contributed by atoms with Crippen molar-refractivity contribution >= 4 is 34.9 Å². The van der Waals surface area contributed by atoms with E-state index in [9.17, 15) is 14.4 Å². The molecule has 158 valence electrons. The third-order valence-electron chi connectivity index (χ3n) is 4.47. The summed E-state index contributed by atoms with van der Waals surface area (Å²) in [6.45, 7) is 0.182. The Labute approximate surface area is 185 Å². The number of hydrogen-bond donors (Lipinski definition) is 0. The van der Waals surface area contributed by atoms with Crippen molar-refractivity contribution < 1.29 is 14.4 Å². The number of carbonyl (C=O) groups is 3. The quantitative estimate of drug-likeness (QED) is 0.417. The van der Waals surface area contributed by atoms with Crippen molar-refractivity contribution in [2.75, 3.05) is 19.0 Å². The fourth-order valence-corrected chi connectivity index (χ4v) is 3.17. The molecule has 0 radical (unpaired) electrons. The lowest BCUT2D eigenvalue weighted by Gasteiger charge is -2.24. The Morgan fingerprint density at radius 3 is 2.32 bits per heavy atom. The first-order valence-electron chi connectivity index (χ1n) is 9.52. The van der Waals surface area contributed by atoms with E-state index < -0.39 is 18.1 Å². The fraction of sp³-hybridized carbons (Fsp3) is 0.174. The number of halogens is 1. The van der Waals surface area contributed by atoms with Gasteiger partial charge in [-0.1, -0.05) is 29.8 Å². The number of benzene rings is 2. The second-order valence-corrected chi connectivity index (χ2v) is 7.47. The molecule has 2 amide bonds. The highest BCUT2D eigenvalue weighted by molar-refractivity contribution is 6.30. The summed E-state index contributed by atoms with van der Waals surface area (Å²) in [6.07, 6.45) is 2.49. The monoisotopic (exact) mass is 436 g/mol. The van der Waals surface area contributed by atoms with Gasteiger partial charge in [0.15, 0.2) is 5.82 Å². The minimum atomic E-state index is -0.484. The third-order valence-corrected chi connectivity index (χ3v) is 4.70. The molecule has 0 atom stereocenters. The number of rotatable bonds is 7. The SMILES string of the molecule is CN(C)C(=O)c1cccc(N(Cc2cccc(Cl)c2)C(=O)CC(=O)c2ncccn2)c1. The Morgan fingerprint density at radius 2 is 1.65 bits per heavy atom. The zero-order valence-corrected chi connectivity index (χ0v) is 17.9. The first kappa shape index (κ1) is 22.1. The van der Waals surface area contributed by atoms with Crippen LogP contribution in [0, 0.1) is 0 Å². The maximum absolute atomic E-state index is 13.2. The molecule has 3 rings (SSSR count). The predicted molar refractivity (Wildman–Crippen MR) is 118 cm³/mol. The van der Waals surface area contributed by atoms with Crippen LogP contribution in [0.4, 0.5) is 5.69 Å². The average molecular weight is 437 g/mol. The van der Waals surface area contributed by atoms with Gasteiger partial charge < -0.3 is 9.80 Å². The second-order valence-electron chi connectivity index (χ2n) is 7.03. The lowest BCUT2D eigenvalue weighted by atomic mass is 10.1. The van der Waals surface area contributed by atoms with E-state index in [1.165, 1.54) is 22.2 Å². The van der Waals surface area contributed by atoms with E-state index in [0.717, 1.165) is 5.56 Å². The molecule has 2 aromatic carbocycles. The van der Waals surface area contributed by atoms with Gasteiger partial charge in [0.05, 0.1) is 13.0 Å². The van der Waals surface area contributed by atoms with Crippen LogP contribution in [0.15, 0.2) is 67.0 Å². The summed E-state index contributed by atoms with van der Waals surface area (Å²) in [5.41, 5.74) is 1.72. The number of Topliss-reactive ketones (excluding diaryl/α,β-unsaturated/α-hetero) is 1. The minimum Gasteiger partial charge on any atom is -0.345 e. The summed E-state index contributed by atoms with van der Waals surface area (Å²) in [7, 11) is 3.31. The Hall–Kier alpha value is -3.58. The van der Waals surface area contributed by atoms with Gasteiger partial charge in [-0.25, -0.2) is 9.97 Å². The number of amides is 2. The minimum absolute atomic E-state index is 0.0184. The summed E-state index contributed by atoms with van der Waals surface area (Å²) in [5.74, 6) is -1.13. The van der Waals surface area contributed by atoms with Gasteiger partial charge in [-0.3, -0.25) is 14.4 Å². The number of hydrogen-bond acceptors (Lipinski definition) is 5. The Bertz CT molecular complexity index is 1100. The highest BCUT2D eigenvalue weighted by atomic mass is 35.5. The van der Waals surface area contributed by atoms with E-state index in [1.54, 1.807) is 62.6 Å². The molecule has 0 aliphatic rings. The highest BCUT2D eigenvalue weighted by Gasteiger charge is 2.22. The number of ketones is 1. The van der Waals surface area contributed by atoms with Gasteiger partial charge in [0.2, 0.25) is 11.7 Å². The number of aromatic nitrogens is 2. The average Bonchev–Trinajstić information content (AvgIpc) is 2.77. The largest absolute Gasteiger partial charge is 0.345 e. The molecule has 0 fully saturated rings. The van der Waals surface area contributed by atoms with Crippen LogP contribution >= 0.6 is 11.6 Å². The molecule has 31 heavy (non-hydrogen) atoms. The molecular formula is C23H21ClN4O3. The molecule has 0 spiro atoms. The maximum atomic E-state index is 13.2. The maximum Gasteiger partial charge on any atom is 0.253 e. The lowest BCUT2D eigenvalue weighted by molar-refractivity contribution is -0.117. The third kappa shape index (κ3) is 5.73. The van der Waals surface area contributed by atoms with E-state index in [2.05, 4.69) is 9.97 Å². The molecule has 0 aliphatic heterocycles. The van der Waals surface area contributed by atoms with E-state index in [1.807, 2.05) is 6.07 Å². The lowest BCUT2D eigenvalue weighted by Crippen LogP contribution is -2.32. The van der Waals surface area contributed by atoms with Crippen molar-refractivity contribution in [1.29, 1.82) is 0 Å². The first-order valence-corrected chi connectivity index (χ1v) is 9.89. The van der Waals surface area contributed by atoms with E-state index in [-0.39, 0.29) is 18.3 Å². The van der Waals surface area contributed by atoms with Crippen LogP contribution in [0.2, 0.25) is 5.02 Å². The molecule has 0 N–H and O–H groups in total. The summed E-state index contributed by atoms with van der Waals surface area (Å²) in [6, 6.07) is 15.4. The molecule has 1 heterocycles. The zero-order valence-electron chi connectivity index (χ0n) is 17.2. The van der Waals surface area contributed by atoms with Crippen LogP contribution in [-0.2, 0) is 11.3 Å². The number of anilines is 1. The number of nitrogens with zero attached hydrogens (tertiary/aromatic N) is 4. The van der Waals surface area contributed by atoms with Gasteiger partial charge in [0.25, 0.3) is 5.91 Å². The molecule has 1 aromatic heterocycles. The van der Waals surface area contributed by atoms with Crippen molar-refractivity contribution in [3.63, 3.8) is 0 Å². The van der Waals surface area contributed by atoms with Gasteiger partial charge in [0.1, 0.15) is 0 Å². The Kier molecular flexibility index (Phi) is 7.10. The number of carbonyl (C=O) groups excluding carboxylic acids is 3. The summed E-state index contributed by atoms with van der Waals surface area (Å²) >= 11 is 6.10. The van der Waals surface area contributed by atoms with E-state index in [4.69, 9.17) is 11.6 Å². The molecule has 0 bridgehead atoms. The molecule has 8 heteroatoms. The van der Waals surface area contributed by atoms with Crippen molar-refractivity contribution in [3.05, 3.63) is 89.0 Å². The van der Waals surface area contributed by atoms with Crippen LogP contribution in [0.1, 0.15) is 33.0 Å². The Balaban J connectivity index is 1.93. The van der Waals surface area contributed by atoms with Crippen LogP contribution in [-0.4, -0.2) is 46.6 Å². The standard InChI is InChI=1S/C23H21ClN4O3/c1-27(2)23(31)17-7-4-9-19(13-17)28(15-16-6-3-8-18(24)12-16)21(30)14-20(29)22-25-10-5-11-26-22/h3-13H,14-15H2,1-2H3. The van der Waals surface area contributed by atoms with Crippen molar-refractivity contribution in [2.24, 2.45) is 0 Å². The Morgan fingerprint density at radius 1 is 0.935 bits per heavy atom. The smallest absolute Gasteiger partial charge is 0.253 e. The van der Waals surface area contributed by atoms with Gasteiger partial charge in [-0.05, 0) is 42.0 Å². The summed E-state index contributed by atoms with van der Waals surface area (Å²) < 4.78 is 0. The van der Waals surface area contributed by atoms with Crippen molar-refractivity contribution in [1.82, 2.24) is 14.9 Å². The predicted octanol–water partition coefficient (Wildman–Crippen LogP) is 3.64. The van der Waals surface area contributed by atoms with Crippen molar-refractivity contribution in [3.8, 4) is 0 Å².